The van der Waals surface area contributed by atoms with Crippen LogP contribution in [0, 0.1) is 39.8 Å². The summed E-state index contributed by atoms with van der Waals surface area (Å²) in [5.41, 5.74) is 13.0. The second kappa shape index (κ2) is 28.1. The van der Waals surface area contributed by atoms with Crippen molar-refractivity contribution in [2.24, 2.45) is 0 Å². The minimum Gasteiger partial charge on any atom is -0.629 e. The molecule has 23 heteroatoms. The Labute approximate surface area is 532 Å². The number of hydrogen-bond acceptors (Lipinski definition) is 9. The molecule has 6 heterocycles. The Morgan fingerprint density at radius 2 is 1.00 bits per heavy atom. The van der Waals surface area contributed by atoms with Crippen LogP contribution in [0.4, 0.5) is 11.6 Å². The van der Waals surface area contributed by atoms with Gasteiger partial charge in [0.2, 0.25) is 0 Å². The lowest BCUT2D eigenvalue weighted by atomic mass is 9.69. The van der Waals surface area contributed by atoms with Crippen LogP contribution in [0.3, 0.4) is 0 Å². The van der Waals surface area contributed by atoms with E-state index in [0.717, 1.165) is 125 Å². The third kappa shape index (κ3) is 15.2. The van der Waals surface area contributed by atoms with Gasteiger partial charge in [0.15, 0.2) is 6.20 Å². The molecule has 1 atom stereocenters. The lowest BCUT2D eigenvalue weighted by Crippen LogP contribution is -3.01. The van der Waals surface area contributed by atoms with E-state index < -0.39 is 14.1 Å². The molecule has 5 N–H and O–H groups in total. The van der Waals surface area contributed by atoms with Gasteiger partial charge in [-0.05, 0) is 239 Å². The molecule has 5 aromatic heterocycles. The van der Waals surface area contributed by atoms with E-state index in [-0.39, 0.29) is 5.06 Å². The molecule has 0 saturated heterocycles. The normalized spacial score (nSPS) is 12.4. The van der Waals surface area contributed by atoms with Gasteiger partial charge < -0.3 is 30.8 Å². The maximum atomic E-state index is 11.3. The topological polar surface area (TPSA) is 153 Å². The summed E-state index contributed by atoms with van der Waals surface area (Å²) in [5.74, 6) is 1.88. The molecular formula is C57H49B2Br5Cl5N8O3+. The van der Waals surface area contributed by atoms with Gasteiger partial charge in [-0.25, -0.2) is 14.5 Å². The van der Waals surface area contributed by atoms with E-state index in [2.05, 4.69) is 112 Å². The van der Waals surface area contributed by atoms with E-state index in [9.17, 15) is 15.3 Å². The van der Waals surface area contributed by atoms with Crippen molar-refractivity contribution in [2.75, 3.05) is 10.5 Å². The van der Waals surface area contributed by atoms with E-state index in [1.54, 1.807) is 44.5 Å². The number of anilines is 2. The number of nitrogens with zero attached hydrogens (tertiary/aromatic N) is 6. The summed E-state index contributed by atoms with van der Waals surface area (Å²) >= 11 is 47.7. The van der Waals surface area contributed by atoms with Gasteiger partial charge in [-0.1, -0.05) is 64.1 Å². The number of halogens is 10. The minimum absolute atomic E-state index is 0.115. The quantitative estimate of drug-likeness (QED) is 0.0766. The first-order valence-corrected chi connectivity index (χ1v) is 30.2. The van der Waals surface area contributed by atoms with Crippen molar-refractivity contribution in [1.29, 1.82) is 0 Å². The van der Waals surface area contributed by atoms with Crippen LogP contribution in [0.2, 0.25) is 38.8 Å². The molecule has 5 aromatic carbocycles. The van der Waals surface area contributed by atoms with Crippen molar-refractivity contribution < 1.29 is 19.7 Å². The standard InChI is InChI=1S/C15H11BrClN2.C12H14B2BrClN2O2.C10H8BrClN2.C10H9BrClNO.C10H7BrClN/c1-10-7-11-12(8-14(10)17)15(18-9-13(11)16)19-5-3-2-4-6-19;1-7-4-8-9(5-11(7)16)12(17-6-10(8)15)18(13(2)19)14(3)20;1-5-2-6-7(3-9(5)12)10(13)14-4-8(6)11;1-6-2-8-7(3-10(6)12)4-13(14)5-9(8)11;1-6-2-8-7(3-10(6)12)4-13-5-9(8)11/h2-9H,1H3;4-6,19-20H,1-3H3;2-4H,1H3,(H2,13,14);2-3,5,13H,4H2,1H3;2-5H,1H3/q+1;;;;. The molecule has 1 aliphatic heterocycles. The summed E-state index contributed by atoms with van der Waals surface area (Å²) in [6.45, 7) is 13.5. The van der Waals surface area contributed by atoms with Crippen molar-refractivity contribution in [3.63, 3.8) is 0 Å². The zero-order chi connectivity index (χ0) is 58.4. The van der Waals surface area contributed by atoms with E-state index in [1.165, 1.54) is 4.72 Å². The summed E-state index contributed by atoms with van der Waals surface area (Å²) < 4.78 is 8.02. The SMILES string of the molecule is CB(O)N(B(C)O)c1ncc(Br)c2cc(C)c(Cl)cc12.Cc1cc2c(Br)cnc(-[n+]3ccccc3)c2cc1Cl.Cc1cc2c(Br)cnc(N)c2cc1Cl.Cc1cc2c(Br)cncc2cc1Cl.Cc1cc2c(cc1Cl)C[NH+]([O-])C=C2Br. The summed E-state index contributed by atoms with van der Waals surface area (Å²) in [6.07, 6.45) is 14.3. The van der Waals surface area contributed by atoms with Crippen LogP contribution in [0.25, 0.3) is 53.4 Å². The zero-order valence-corrected chi connectivity index (χ0v) is 55.5. The summed E-state index contributed by atoms with van der Waals surface area (Å²) in [4.78, 5) is 17.0. The van der Waals surface area contributed by atoms with Crippen LogP contribution in [0.1, 0.15) is 38.9 Å². The molecule has 0 fully saturated rings. The van der Waals surface area contributed by atoms with E-state index >= 15 is 0 Å². The number of nitrogen functional groups attached to an aromatic ring is 1. The van der Waals surface area contributed by atoms with E-state index in [4.69, 9.17) is 63.7 Å². The first kappa shape index (κ1) is 63.6. The first-order chi connectivity index (χ1) is 37.8. The molecule has 11 rings (SSSR count). The van der Waals surface area contributed by atoms with Crippen LogP contribution in [0.15, 0.2) is 146 Å². The van der Waals surface area contributed by atoms with Gasteiger partial charge in [0.05, 0.1) is 26.7 Å². The molecule has 80 heavy (non-hydrogen) atoms. The molecule has 0 radical (unpaired) electrons. The molecule has 11 nitrogen and oxygen atoms in total. The van der Waals surface area contributed by atoms with Crippen molar-refractivity contribution in [3.05, 3.63) is 216 Å². The van der Waals surface area contributed by atoms with Gasteiger partial charge >= 0.3 is 19.9 Å². The number of aromatic nitrogens is 5. The molecule has 10 aromatic rings. The highest BCUT2D eigenvalue weighted by Gasteiger charge is 2.28. The average Bonchev–Trinajstić information content (AvgIpc) is 3.40. The van der Waals surface area contributed by atoms with Gasteiger partial charge in [-0.3, -0.25) is 4.98 Å². The number of fused-ring (bicyclic) bond motifs is 5. The second-order valence-corrected chi connectivity index (χ2v) is 24.9. The molecule has 0 saturated carbocycles. The van der Waals surface area contributed by atoms with Crippen molar-refractivity contribution in [3.8, 4) is 5.82 Å². The predicted molar refractivity (Wildman–Crippen MR) is 354 cm³/mol. The fourth-order valence-electron chi connectivity index (χ4n) is 8.43. The first-order valence-electron chi connectivity index (χ1n) is 24.3. The summed E-state index contributed by atoms with van der Waals surface area (Å²) in [7, 11) is -1.74. The maximum absolute atomic E-state index is 11.3. The molecule has 0 bridgehead atoms. The number of nitrogens with two attached hydrogens (primary N) is 1. The Morgan fingerprint density at radius 3 is 1.57 bits per heavy atom. The average molecular weight is 1490 g/mol. The molecule has 0 spiro atoms. The minimum atomic E-state index is -0.869. The maximum Gasteiger partial charge on any atom is 0.399 e. The van der Waals surface area contributed by atoms with Crippen LogP contribution in [-0.4, -0.2) is 44.1 Å². The zero-order valence-electron chi connectivity index (χ0n) is 43.8. The fraction of sp³-hybridized carbons (Fsp3) is 0.140. The molecule has 410 valence electrons. The van der Waals surface area contributed by atoms with Gasteiger partial charge in [-0.15, -0.1) is 0 Å². The lowest BCUT2D eigenvalue weighted by Gasteiger charge is -2.27. The summed E-state index contributed by atoms with van der Waals surface area (Å²) in [6, 6.07) is 25.5. The Hall–Kier alpha value is -3.95. The molecule has 0 amide bonds. The third-order valence-corrected chi connectivity index (χ3v) is 17.9. The van der Waals surface area contributed by atoms with Gasteiger partial charge in [0, 0.05) is 107 Å². The number of aryl methyl sites for hydroxylation is 5. The molecular weight excluding hydrogens is 1440 g/mol. The van der Waals surface area contributed by atoms with Crippen molar-refractivity contribution in [2.45, 2.75) is 54.8 Å². The number of hydroxylamine groups is 2. The Balaban J connectivity index is 0.000000146. The Kier molecular flexibility index (Phi) is 22.3. The third-order valence-electron chi connectivity index (χ3n) is 12.6. The number of quaternary nitrogens is 1. The van der Waals surface area contributed by atoms with Gasteiger partial charge in [-0.2, -0.15) is 0 Å². The predicted octanol–water partition coefficient (Wildman–Crippen LogP) is 17.0. The highest BCUT2D eigenvalue weighted by Crippen LogP contribution is 2.36. The fourth-order valence-corrected chi connectivity index (χ4v) is 11.7. The summed E-state index contributed by atoms with van der Waals surface area (Å²) in [5, 5.41) is 42.7. The Bertz CT molecular complexity index is 3930. The smallest absolute Gasteiger partial charge is 0.399 e. The molecule has 1 unspecified atom stereocenters. The number of benzene rings is 5. The van der Waals surface area contributed by atoms with Gasteiger partial charge in [0.25, 0.3) is 0 Å². The van der Waals surface area contributed by atoms with E-state index in [0.29, 0.717) is 28.2 Å². The number of hydrogen-bond donors (Lipinski definition) is 4. The number of pyridine rings is 5. The largest absolute Gasteiger partial charge is 0.629 e. The number of rotatable bonds is 4. The van der Waals surface area contributed by atoms with Crippen molar-refractivity contribution in [1.82, 2.24) is 19.9 Å². The van der Waals surface area contributed by atoms with Crippen LogP contribution in [-0.2, 0) is 6.54 Å². The highest BCUT2D eigenvalue weighted by atomic mass is 79.9. The molecule has 1 aliphatic rings. The highest BCUT2D eigenvalue weighted by molar-refractivity contribution is 9.15. The van der Waals surface area contributed by atoms with Crippen LogP contribution < -0.4 is 20.1 Å². The number of nitrogens with one attached hydrogen (secondary N) is 1. The van der Waals surface area contributed by atoms with Crippen LogP contribution in [0.5, 0.6) is 0 Å². The lowest BCUT2D eigenvalue weighted by molar-refractivity contribution is -0.806. The van der Waals surface area contributed by atoms with Gasteiger partial charge in [0.1, 0.15) is 24.4 Å². The van der Waals surface area contributed by atoms with Crippen LogP contribution >= 0.6 is 138 Å². The molecule has 0 aliphatic carbocycles. The monoisotopic (exact) mass is 1480 g/mol. The Morgan fingerprint density at radius 1 is 0.550 bits per heavy atom. The second-order valence-electron chi connectivity index (χ2n) is 18.6. The van der Waals surface area contributed by atoms with E-state index in [1.807, 2.05) is 125 Å². The van der Waals surface area contributed by atoms with Crippen molar-refractivity contribution >= 4 is 211 Å².